The lowest BCUT2D eigenvalue weighted by Gasteiger charge is -2.28. The third-order valence-corrected chi connectivity index (χ3v) is 3.12. The predicted octanol–water partition coefficient (Wildman–Crippen LogP) is 1.77. The lowest BCUT2D eigenvalue weighted by Crippen LogP contribution is -2.53. The number of para-hydroxylation sites is 1. The normalized spacial score (nSPS) is 11.0. The number of benzene rings is 1. The third kappa shape index (κ3) is 2.61. The van der Waals surface area contributed by atoms with Crippen LogP contribution in [0, 0.1) is 0 Å². The number of rotatable bonds is 5. The highest BCUT2D eigenvalue weighted by Gasteiger charge is 2.36. The maximum absolute atomic E-state index is 12.0. The van der Waals surface area contributed by atoms with E-state index >= 15 is 0 Å². The minimum absolute atomic E-state index is 0.0741. The number of phenols is 1. The number of phenolic OH excluding ortho intramolecular Hbond substituents is 1. The van der Waals surface area contributed by atoms with Crippen LogP contribution in [0.4, 0.5) is 0 Å². The fourth-order valence-corrected chi connectivity index (χ4v) is 1.73. The molecule has 5 heteroatoms. The minimum atomic E-state index is -1.29. The number of aliphatic carboxylic acids is 1. The van der Waals surface area contributed by atoms with Crippen LogP contribution in [0.25, 0.3) is 0 Å². The Morgan fingerprint density at radius 2 is 1.78 bits per heavy atom. The quantitative estimate of drug-likeness (QED) is 0.744. The fraction of sp³-hybridized carbons (Fsp3) is 0.385. The van der Waals surface area contributed by atoms with Gasteiger partial charge in [0.1, 0.15) is 11.3 Å². The molecule has 3 N–H and O–H groups in total. The Balaban J connectivity index is 3.00. The monoisotopic (exact) mass is 251 g/mol. The van der Waals surface area contributed by atoms with E-state index < -0.39 is 17.4 Å². The maximum Gasteiger partial charge on any atom is 0.329 e. The van der Waals surface area contributed by atoms with Gasteiger partial charge in [-0.15, -0.1) is 0 Å². The van der Waals surface area contributed by atoms with Gasteiger partial charge in [0, 0.05) is 0 Å². The SMILES string of the molecule is CCC(CC)(NC(=O)c1ccccc1O)C(=O)O. The first kappa shape index (κ1) is 14.0. The van der Waals surface area contributed by atoms with Gasteiger partial charge < -0.3 is 15.5 Å². The van der Waals surface area contributed by atoms with Crippen LogP contribution in [0.3, 0.4) is 0 Å². The van der Waals surface area contributed by atoms with Crippen molar-refractivity contribution in [2.45, 2.75) is 32.2 Å². The number of carboxylic acids is 1. The molecule has 0 aliphatic heterocycles. The summed E-state index contributed by atoms with van der Waals surface area (Å²) >= 11 is 0. The second kappa shape index (κ2) is 5.53. The van der Waals surface area contributed by atoms with E-state index in [1.807, 2.05) is 0 Å². The van der Waals surface area contributed by atoms with Crippen molar-refractivity contribution in [3.63, 3.8) is 0 Å². The Hall–Kier alpha value is -2.04. The zero-order valence-corrected chi connectivity index (χ0v) is 10.4. The molecule has 0 saturated heterocycles. The van der Waals surface area contributed by atoms with Gasteiger partial charge in [-0.05, 0) is 25.0 Å². The number of hydrogen-bond donors (Lipinski definition) is 3. The molecule has 0 aromatic heterocycles. The molecule has 0 fully saturated rings. The molecule has 0 atom stereocenters. The summed E-state index contributed by atoms with van der Waals surface area (Å²) in [7, 11) is 0. The highest BCUT2D eigenvalue weighted by Crippen LogP contribution is 2.20. The zero-order valence-electron chi connectivity index (χ0n) is 10.4. The molecule has 5 nitrogen and oxygen atoms in total. The second-order valence-corrected chi connectivity index (χ2v) is 4.07. The van der Waals surface area contributed by atoms with Crippen LogP contribution in [-0.4, -0.2) is 27.6 Å². The van der Waals surface area contributed by atoms with Gasteiger partial charge in [0.15, 0.2) is 0 Å². The summed E-state index contributed by atoms with van der Waals surface area (Å²) in [4.78, 5) is 23.2. The Morgan fingerprint density at radius 1 is 1.22 bits per heavy atom. The average Bonchev–Trinajstić information content (AvgIpc) is 2.36. The van der Waals surface area contributed by atoms with Crippen LogP contribution in [0.15, 0.2) is 24.3 Å². The highest BCUT2D eigenvalue weighted by molar-refractivity contribution is 5.99. The minimum Gasteiger partial charge on any atom is -0.507 e. The molecule has 1 amide bonds. The molecule has 0 aliphatic rings. The van der Waals surface area contributed by atoms with Crippen LogP contribution < -0.4 is 5.32 Å². The van der Waals surface area contributed by atoms with Crippen molar-refractivity contribution >= 4 is 11.9 Å². The van der Waals surface area contributed by atoms with E-state index in [9.17, 15) is 19.8 Å². The molecule has 0 spiro atoms. The maximum atomic E-state index is 12.0. The van der Waals surface area contributed by atoms with Crippen molar-refractivity contribution in [2.75, 3.05) is 0 Å². The number of nitrogens with one attached hydrogen (secondary N) is 1. The molecule has 0 unspecified atom stereocenters. The number of carboxylic acid groups (broad SMARTS) is 1. The molecule has 1 aromatic rings. The lowest BCUT2D eigenvalue weighted by molar-refractivity contribution is -0.144. The molecule has 0 bridgehead atoms. The van der Waals surface area contributed by atoms with Gasteiger partial charge in [-0.25, -0.2) is 4.79 Å². The molecule has 0 aliphatic carbocycles. The zero-order chi connectivity index (χ0) is 13.8. The first-order chi connectivity index (χ1) is 8.46. The predicted molar refractivity (Wildman–Crippen MR) is 66.5 cm³/mol. The number of amides is 1. The fourth-order valence-electron chi connectivity index (χ4n) is 1.73. The van der Waals surface area contributed by atoms with Crippen molar-refractivity contribution in [1.82, 2.24) is 5.32 Å². The third-order valence-electron chi connectivity index (χ3n) is 3.12. The summed E-state index contributed by atoms with van der Waals surface area (Å²) in [6, 6.07) is 6.03. The van der Waals surface area contributed by atoms with Crippen molar-refractivity contribution in [3.05, 3.63) is 29.8 Å². The van der Waals surface area contributed by atoms with Gasteiger partial charge in [0.2, 0.25) is 0 Å². The van der Waals surface area contributed by atoms with Crippen LogP contribution in [0.2, 0.25) is 0 Å². The summed E-state index contributed by atoms with van der Waals surface area (Å²) in [6.45, 7) is 3.39. The van der Waals surface area contributed by atoms with Crippen molar-refractivity contribution < 1.29 is 19.8 Å². The summed E-state index contributed by atoms with van der Waals surface area (Å²) in [6.07, 6.45) is 0.552. The van der Waals surface area contributed by atoms with E-state index in [-0.39, 0.29) is 24.2 Å². The molecule has 0 saturated carbocycles. The Labute approximate surface area is 105 Å². The van der Waals surface area contributed by atoms with E-state index in [0.29, 0.717) is 0 Å². The number of aromatic hydroxyl groups is 1. The van der Waals surface area contributed by atoms with Gasteiger partial charge in [0.05, 0.1) is 5.56 Å². The lowest BCUT2D eigenvalue weighted by atomic mass is 9.92. The van der Waals surface area contributed by atoms with Crippen molar-refractivity contribution in [1.29, 1.82) is 0 Å². The summed E-state index contributed by atoms with van der Waals surface area (Å²) in [5, 5.41) is 21.3. The topological polar surface area (TPSA) is 86.6 Å². The van der Waals surface area contributed by atoms with Crippen LogP contribution in [0.1, 0.15) is 37.0 Å². The molecular weight excluding hydrogens is 234 g/mol. The molecule has 98 valence electrons. The van der Waals surface area contributed by atoms with E-state index in [0.717, 1.165) is 0 Å². The van der Waals surface area contributed by atoms with Gasteiger partial charge in [-0.3, -0.25) is 4.79 Å². The largest absolute Gasteiger partial charge is 0.507 e. The summed E-state index contributed by atoms with van der Waals surface area (Å²) in [5.74, 6) is -1.82. The summed E-state index contributed by atoms with van der Waals surface area (Å²) in [5.41, 5.74) is -1.22. The van der Waals surface area contributed by atoms with Crippen LogP contribution in [-0.2, 0) is 4.79 Å². The standard InChI is InChI=1S/C13H17NO4/c1-3-13(4-2,12(17)18)14-11(16)9-7-5-6-8-10(9)15/h5-8,15H,3-4H2,1-2H3,(H,14,16)(H,17,18). The molecular formula is C13H17NO4. The van der Waals surface area contributed by atoms with Gasteiger partial charge in [0.25, 0.3) is 5.91 Å². The second-order valence-electron chi connectivity index (χ2n) is 4.07. The van der Waals surface area contributed by atoms with Gasteiger partial charge >= 0.3 is 5.97 Å². The molecule has 0 heterocycles. The molecule has 1 aromatic carbocycles. The van der Waals surface area contributed by atoms with Crippen LogP contribution >= 0.6 is 0 Å². The number of carbonyl (C=O) groups is 2. The van der Waals surface area contributed by atoms with E-state index in [4.69, 9.17) is 0 Å². The summed E-state index contributed by atoms with van der Waals surface area (Å²) < 4.78 is 0. The van der Waals surface area contributed by atoms with E-state index in [1.54, 1.807) is 26.0 Å². The van der Waals surface area contributed by atoms with Gasteiger partial charge in [-0.1, -0.05) is 26.0 Å². The smallest absolute Gasteiger partial charge is 0.329 e. The highest BCUT2D eigenvalue weighted by atomic mass is 16.4. The Morgan fingerprint density at radius 3 is 2.22 bits per heavy atom. The van der Waals surface area contributed by atoms with Crippen molar-refractivity contribution in [3.8, 4) is 5.75 Å². The molecule has 0 radical (unpaired) electrons. The number of hydrogen-bond acceptors (Lipinski definition) is 3. The Bertz CT molecular complexity index is 452. The first-order valence-electron chi connectivity index (χ1n) is 5.80. The molecule has 1 rings (SSSR count). The van der Waals surface area contributed by atoms with E-state index in [1.165, 1.54) is 12.1 Å². The van der Waals surface area contributed by atoms with Crippen LogP contribution in [0.5, 0.6) is 5.75 Å². The van der Waals surface area contributed by atoms with Crippen molar-refractivity contribution in [2.24, 2.45) is 0 Å². The van der Waals surface area contributed by atoms with E-state index in [2.05, 4.69) is 5.32 Å². The Kier molecular flexibility index (Phi) is 4.31. The average molecular weight is 251 g/mol. The molecule has 18 heavy (non-hydrogen) atoms. The number of carbonyl (C=O) groups excluding carboxylic acids is 1. The van der Waals surface area contributed by atoms with Gasteiger partial charge in [-0.2, -0.15) is 0 Å². The first-order valence-corrected chi connectivity index (χ1v) is 5.80.